The average molecular weight is 562 g/mol. The fraction of sp³-hybridized carbons (Fsp3) is 0. The molecule has 0 aliphatic carbocycles. The van der Waals surface area contributed by atoms with Gasteiger partial charge in [0.05, 0.1) is 39.1 Å². The van der Waals surface area contributed by atoms with Crippen molar-refractivity contribution in [2.24, 2.45) is 0 Å². The van der Waals surface area contributed by atoms with Crippen molar-refractivity contribution in [2.75, 3.05) is 0 Å². The van der Waals surface area contributed by atoms with E-state index in [2.05, 4.69) is 173 Å². The minimum atomic E-state index is 0.953. The predicted molar refractivity (Wildman–Crippen MR) is 184 cm³/mol. The van der Waals surface area contributed by atoms with Gasteiger partial charge < -0.3 is 9.13 Å². The van der Waals surface area contributed by atoms with Crippen molar-refractivity contribution in [1.29, 1.82) is 0 Å². The van der Waals surface area contributed by atoms with Gasteiger partial charge in [0.15, 0.2) is 0 Å². The molecule has 44 heavy (non-hydrogen) atoms. The molecule has 0 saturated heterocycles. The van der Waals surface area contributed by atoms with Gasteiger partial charge in [-0.1, -0.05) is 115 Å². The van der Waals surface area contributed by atoms with Crippen LogP contribution in [-0.4, -0.2) is 14.1 Å². The minimum Gasteiger partial charge on any atom is -0.309 e. The molecule has 0 aliphatic rings. The third kappa shape index (κ3) is 3.80. The van der Waals surface area contributed by atoms with E-state index < -0.39 is 0 Å². The second-order valence-electron chi connectivity index (χ2n) is 11.3. The summed E-state index contributed by atoms with van der Waals surface area (Å²) in [6, 6.07) is 58.3. The molecule has 9 rings (SSSR count). The Hall–Kier alpha value is -5.93. The standard InChI is InChI=1S/C41H27N3/c1-4-14-28(15-5-1)36-24-31(25-37(42-36)29-16-6-2-7-17-29)44-39-23-13-11-21-33(39)35-26-40-34(27-41(35)44)32-20-10-12-22-38(32)43(40)30-18-8-3-9-19-30/h1-27H. The van der Waals surface area contributed by atoms with Crippen molar-refractivity contribution in [1.82, 2.24) is 14.1 Å². The van der Waals surface area contributed by atoms with Crippen molar-refractivity contribution < 1.29 is 0 Å². The quantitative estimate of drug-likeness (QED) is 0.210. The number of rotatable bonds is 4. The van der Waals surface area contributed by atoms with Crippen molar-refractivity contribution in [2.45, 2.75) is 0 Å². The number of pyridine rings is 1. The summed E-state index contributed by atoms with van der Waals surface area (Å²) in [7, 11) is 0. The molecule has 0 N–H and O–H groups in total. The minimum absolute atomic E-state index is 0.953. The second kappa shape index (κ2) is 9.82. The molecule has 0 bridgehead atoms. The van der Waals surface area contributed by atoms with Crippen LogP contribution in [0.15, 0.2) is 164 Å². The molecular formula is C41H27N3. The fourth-order valence-electron chi connectivity index (χ4n) is 6.72. The van der Waals surface area contributed by atoms with E-state index in [0.717, 1.165) is 33.9 Å². The highest BCUT2D eigenvalue weighted by molar-refractivity contribution is 6.19. The Morgan fingerprint density at radius 1 is 0.318 bits per heavy atom. The number of benzene rings is 6. The van der Waals surface area contributed by atoms with Crippen LogP contribution in [0.1, 0.15) is 0 Å². The van der Waals surface area contributed by atoms with Gasteiger partial charge in [-0.15, -0.1) is 0 Å². The van der Waals surface area contributed by atoms with Gasteiger partial charge in [-0.3, -0.25) is 0 Å². The van der Waals surface area contributed by atoms with Gasteiger partial charge >= 0.3 is 0 Å². The molecule has 3 nitrogen and oxygen atoms in total. The van der Waals surface area contributed by atoms with E-state index in [1.807, 2.05) is 0 Å². The zero-order valence-electron chi connectivity index (χ0n) is 23.9. The zero-order chi connectivity index (χ0) is 29.0. The topological polar surface area (TPSA) is 22.8 Å². The highest BCUT2D eigenvalue weighted by Crippen LogP contribution is 2.40. The maximum absolute atomic E-state index is 5.16. The van der Waals surface area contributed by atoms with Crippen LogP contribution in [-0.2, 0) is 0 Å². The first-order valence-corrected chi connectivity index (χ1v) is 15.0. The van der Waals surface area contributed by atoms with Crippen molar-refractivity contribution >= 4 is 43.6 Å². The third-order valence-electron chi connectivity index (χ3n) is 8.69. The Balaban J connectivity index is 1.40. The normalized spacial score (nSPS) is 11.6. The highest BCUT2D eigenvalue weighted by Gasteiger charge is 2.19. The van der Waals surface area contributed by atoms with E-state index in [1.165, 1.54) is 43.6 Å². The molecule has 3 heterocycles. The summed E-state index contributed by atoms with van der Waals surface area (Å²) < 4.78 is 4.81. The number of para-hydroxylation sites is 3. The van der Waals surface area contributed by atoms with Gasteiger partial charge in [0.1, 0.15) is 0 Å². The molecule has 206 valence electrons. The smallest absolute Gasteiger partial charge is 0.0730 e. The zero-order valence-corrected chi connectivity index (χ0v) is 23.9. The van der Waals surface area contributed by atoms with E-state index in [9.17, 15) is 0 Å². The fourth-order valence-corrected chi connectivity index (χ4v) is 6.72. The lowest BCUT2D eigenvalue weighted by molar-refractivity contribution is 1.16. The van der Waals surface area contributed by atoms with Crippen molar-refractivity contribution in [3.8, 4) is 33.9 Å². The Kier molecular flexibility index (Phi) is 5.50. The summed E-state index contributed by atoms with van der Waals surface area (Å²) in [5, 5.41) is 4.94. The van der Waals surface area contributed by atoms with E-state index in [0.29, 0.717) is 0 Å². The summed E-state index contributed by atoms with van der Waals surface area (Å²) in [5.74, 6) is 0. The van der Waals surface area contributed by atoms with Gasteiger partial charge in [-0.05, 0) is 48.5 Å². The molecule has 0 atom stereocenters. The lowest BCUT2D eigenvalue weighted by Gasteiger charge is -2.13. The number of hydrogen-bond donors (Lipinski definition) is 0. The summed E-state index contributed by atoms with van der Waals surface area (Å²) in [6.45, 7) is 0. The summed E-state index contributed by atoms with van der Waals surface area (Å²) in [5.41, 5.74) is 11.1. The Morgan fingerprint density at radius 2 is 0.727 bits per heavy atom. The molecule has 0 amide bonds. The second-order valence-corrected chi connectivity index (χ2v) is 11.3. The van der Waals surface area contributed by atoms with E-state index in [1.54, 1.807) is 0 Å². The first-order chi connectivity index (χ1) is 21.8. The molecule has 0 spiro atoms. The molecule has 0 saturated carbocycles. The molecule has 6 aromatic carbocycles. The first-order valence-electron chi connectivity index (χ1n) is 15.0. The Labute approximate surface area is 254 Å². The summed E-state index contributed by atoms with van der Waals surface area (Å²) in [6.07, 6.45) is 0. The van der Waals surface area contributed by atoms with Crippen LogP contribution in [0.5, 0.6) is 0 Å². The van der Waals surface area contributed by atoms with Crippen LogP contribution in [0.4, 0.5) is 0 Å². The number of aromatic nitrogens is 3. The number of fused-ring (bicyclic) bond motifs is 6. The SMILES string of the molecule is c1ccc(-c2cc(-n3c4ccccc4c4cc5c(cc43)c3ccccc3n5-c3ccccc3)cc(-c3ccccc3)n2)cc1. The van der Waals surface area contributed by atoms with Crippen LogP contribution in [0.2, 0.25) is 0 Å². The highest BCUT2D eigenvalue weighted by atomic mass is 15.0. The van der Waals surface area contributed by atoms with Gasteiger partial charge in [0.2, 0.25) is 0 Å². The van der Waals surface area contributed by atoms with Crippen LogP contribution in [0.25, 0.3) is 77.5 Å². The van der Waals surface area contributed by atoms with Crippen molar-refractivity contribution in [3.05, 3.63) is 164 Å². The Morgan fingerprint density at radius 3 is 1.23 bits per heavy atom. The average Bonchev–Trinajstić information content (AvgIpc) is 3.60. The number of nitrogens with zero attached hydrogens (tertiary/aromatic N) is 3. The van der Waals surface area contributed by atoms with Crippen molar-refractivity contribution in [3.63, 3.8) is 0 Å². The van der Waals surface area contributed by atoms with Gasteiger partial charge in [0, 0.05) is 38.4 Å². The molecule has 0 aliphatic heterocycles. The maximum Gasteiger partial charge on any atom is 0.0730 e. The maximum atomic E-state index is 5.16. The molecular weight excluding hydrogens is 534 g/mol. The lowest BCUT2D eigenvalue weighted by Crippen LogP contribution is -1.98. The van der Waals surface area contributed by atoms with E-state index >= 15 is 0 Å². The molecule has 0 radical (unpaired) electrons. The first kappa shape index (κ1) is 24.6. The van der Waals surface area contributed by atoms with Gasteiger partial charge in [0.25, 0.3) is 0 Å². The molecule has 0 fully saturated rings. The lowest BCUT2D eigenvalue weighted by atomic mass is 10.1. The predicted octanol–water partition coefficient (Wildman–Crippen LogP) is 10.6. The van der Waals surface area contributed by atoms with Crippen LogP contribution >= 0.6 is 0 Å². The number of hydrogen-bond acceptors (Lipinski definition) is 1. The molecule has 3 heteroatoms. The Bertz CT molecular complexity index is 2410. The van der Waals surface area contributed by atoms with Gasteiger partial charge in [-0.25, -0.2) is 4.98 Å². The third-order valence-corrected chi connectivity index (χ3v) is 8.69. The van der Waals surface area contributed by atoms with E-state index in [4.69, 9.17) is 4.98 Å². The largest absolute Gasteiger partial charge is 0.309 e. The molecule has 0 unspecified atom stereocenters. The van der Waals surface area contributed by atoms with Crippen LogP contribution < -0.4 is 0 Å². The summed E-state index contributed by atoms with van der Waals surface area (Å²) >= 11 is 0. The van der Waals surface area contributed by atoms with E-state index in [-0.39, 0.29) is 0 Å². The molecule has 3 aromatic heterocycles. The van der Waals surface area contributed by atoms with Crippen LogP contribution in [0, 0.1) is 0 Å². The summed E-state index contributed by atoms with van der Waals surface area (Å²) in [4.78, 5) is 5.16. The monoisotopic (exact) mass is 561 g/mol. The van der Waals surface area contributed by atoms with Gasteiger partial charge in [-0.2, -0.15) is 0 Å². The van der Waals surface area contributed by atoms with Crippen LogP contribution in [0.3, 0.4) is 0 Å². The molecule has 9 aromatic rings.